The van der Waals surface area contributed by atoms with Crippen LogP contribution in [-0.4, -0.2) is 6.54 Å². The lowest BCUT2D eigenvalue weighted by Crippen LogP contribution is -2.24. The van der Waals surface area contributed by atoms with Crippen LogP contribution in [0.2, 0.25) is 10.0 Å². The monoisotopic (exact) mass is 325 g/mol. The Morgan fingerprint density at radius 3 is 2.62 bits per heavy atom. The van der Waals surface area contributed by atoms with Crippen molar-refractivity contribution in [3.63, 3.8) is 0 Å². The zero-order valence-electron chi connectivity index (χ0n) is 12.1. The van der Waals surface area contributed by atoms with Crippen molar-refractivity contribution >= 4 is 23.2 Å². The lowest BCUT2D eigenvalue weighted by molar-refractivity contribution is 0.509. The molecule has 0 saturated heterocycles. The van der Waals surface area contributed by atoms with Crippen LogP contribution in [0.4, 0.5) is 4.39 Å². The van der Waals surface area contributed by atoms with Crippen molar-refractivity contribution in [3.8, 4) is 0 Å². The predicted octanol–water partition coefficient (Wildman–Crippen LogP) is 5.33. The van der Waals surface area contributed by atoms with Crippen molar-refractivity contribution < 1.29 is 4.39 Å². The summed E-state index contributed by atoms with van der Waals surface area (Å²) in [5.41, 5.74) is 2.47. The second-order valence-electron chi connectivity index (χ2n) is 5.05. The molecule has 112 valence electrons. The van der Waals surface area contributed by atoms with Crippen LogP contribution in [0, 0.1) is 12.7 Å². The number of rotatable bonds is 5. The van der Waals surface area contributed by atoms with Gasteiger partial charge in [-0.1, -0.05) is 54.4 Å². The SMILES string of the molecule is CCNC(Cc1cccc(Cl)c1Cl)c1ccc(C)cc1F. The van der Waals surface area contributed by atoms with E-state index < -0.39 is 0 Å². The molecule has 0 aromatic heterocycles. The highest BCUT2D eigenvalue weighted by atomic mass is 35.5. The molecule has 4 heteroatoms. The zero-order chi connectivity index (χ0) is 15.4. The van der Waals surface area contributed by atoms with Crippen LogP contribution in [0.15, 0.2) is 36.4 Å². The van der Waals surface area contributed by atoms with E-state index >= 15 is 0 Å². The number of nitrogens with one attached hydrogen (secondary N) is 1. The van der Waals surface area contributed by atoms with Gasteiger partial charge in [-0.2, -0.15) is 0 Å². The summed E-state index contributed by atoms with van der Waals surface area (Å²) in [5, 5.41) is 4.37. The summed E-state index contributed by atoms with van der Waals surface area (Å²) < 4.78 is 14.2. The van der Waals surface area contributed by atoms with Gasteiger partial charge < -0.3 is 5.32 Å². The molecular formula is C17H18Cl2FN. The van der Waals surface area contributed by atoms with E-state index in [0.717, 1.165) is 17.7 Å². The fourth-order valence-corrected chi connectivity index (χ4v) is 2.78. The maximum Gasteiger partial charge on any atom is 0.128 e. The van der Waals surface area contributed by atoms with Crippen LogP contribution in [0.5, 0.6) is 0 Å². The smallest absolute Gasteiger partial charge is 0.128 e. The third-order valence-corrected chi connectivity index (χ3v) is 4.30. The summed E-state index contributed by atoms with van der Waals surface area (Å²) in [5.74, 6) is -0.195. The lowest BCUT2D eigenvalue weighted by Gasteiger charge is -2.20. The number of hydrogen-bond acceptors (Lipinski definition) is 1. The average molecular weight is 326 g/mol. The van der Waals surface area contributed by atoms with Crippen LogP contribution in [0.3, 0.4) is 0 Å². The molecule has 0 aliphatic heterocycles. The van der Waals surface area contributed by atoms with Crippen molar-refractivity contribution in [2.75, 3.05) is 6.54 Å². The summed E-state index contributed by atoms with van der Waals surface area (Å²) in [6, 6.07) is 10.7. The Balaban J connectivity index is 2.33. The summed E-state index contributed by atoms with van der Waals surface area (Å²) in [6.45, 7) is 4.62. The van der Waals surface area contributed by atoms with Crippen molar-refractivity contribution in [2.45, 2.75) is 26.3 Å². The third kappa shape index (κ3) is 3.97. The van der Waals surface area contributed by atoms with E-state index in [0.29, 0.717) is 22.0 Å². The molecule has 0 aliphatic carbocycles. The van der Waals surface area contributed by atoms with Gasteiger partial charge in [-0.15, -0.1) is 0 Å². The van der Waals surface area contributed by atoms with E-state index in [-0.39, 0.29) is 11.9 Å². The molecule has 2 aromatic carbocycles. The van der Waals surface area contributed by atoms with E-state index in [1.54, 1.807) is 12.1 Å². The first-order valence-corrected chi connectivity index (χ1v) is 7.70. The van der Waals surface area contributed by atoms with Crippen LogP contribution in [-0.2, 0) is 6.42 Å². The van der Waals surface area contributed by atoms with Crippen molar-refractivity contribution in [1.82, 2.24) is 5.32 Å². The molecule has 0 aliphatic rings. The largest absolute Gasteiger partial charge is 0.310 e. The van der Waals surface area contributed by atoms with E-state index in [4.69, 9.17) is 23.2 Å². The molecule has 0 spiro atoms. The van der Waals surface area contributed by atoms with E-state index in [1.165, 1.54) is 0 Å². The van der Waals surface area contributed by atoms with Crippen LogP contribution < -0.4 is 5.32 Å². The lowest BCUT2D eigenvalue weighted by atomic mass is 9.97. The van der Waals surface area contributed by atoms with Gasteiger partial charge in [0.1, 0.15) is 5.82 Å². The molecule has 1 N–H and O–H groups in total. The highest BCUT2D eigenvalue weighted by Gasteiger charge is 2.17. The minimum absolute atomic E-state index is 0.133. The minimum Gasteiger partial charge on any atom is -0.310 e. The van der Waals surface area contributed by atoms with Crippen LogP contribution in [0.25, 0.3) is 0 Å². The van der Waals surface area contributed by atoms with Crippen molar-refractivity contribution in [3.05, 3.63) is 69.0 Å². The quantitative estimate of drug-likeness (QED) is 0.782. The fraction of sp³-hybridized carbons (Fsp3) is 0.294. The number of hydrogen-bond donors (Lipinski definition) is 1. The molecule has 0 bridgehead atoms. The maximum atomic E-state index is 14.2. The fourth-order valence-electron chi connectivity index (χ4n) is 2.38. The first kappa shape index (κ1) is 16.3. The molecule has 0 fully saturated rings. The molecule has 2 rings (SSSR count). The maximum absolute atomic E-state index is 14.2. The van der Waals surface area contributed by atoms with E-state index in [9.17, 15) is 4.39 Å². The Kier molecular flexibility index (Phi) is 5.63. The van der Waals surface area contributed by atoms with Gasteiger partial charge in [0.05, 0.1) is 10.0 Å². The van der Waals surface area contributed by atoms with Crippen molar-refractivity contribution in [1.29, 1.82) is 0 Å². The molecule has 2 aromatic rings. The van der Waals surface area contributed by atoms with Gasteiger partial charge >= 0.3 is 0 Å². The van der Waals surface area contributed by atoms with Gasteiger partial charge in [0.2, 0.25) is 0 Å². The van der Waals surface area contributed by atoms with Gasteiger partial charge in [-0.3, -0.25) is 0 Å². The van der Waals surface area contributed by atoms with E-state index in [1.807, 2.05) is 38.1 Å². The van der Waals surface area contributed by atoms with Crippen LogP contribution >= 0.6 is 23.2 Å². The number of likely N-dealkylation sites (N-methyl/N-ethyl adjacent to an activating group) is 1. The highest BCUT2D eigenvalue weighted by molar-refractivity contribution is 6.42. The summed E-state index contributed by atoms with van der Waals surface area (Å²) in [6.07, 6.45) is 0.590. The molecule has 0 radical (unpaired) electrons. The molecule has 0 heterocycles. The van der Waals surface area contributed by atoms with Gasteiger partial charge in [-0.25, -0.2) is 4.39 Å². The van der Waals surface area contributed by atoms with Crippen LogP contribution in [0.1, 0.15) is 29.7 Å². The van der Waals surface area contributed by atoms with E-state index in [2.05, 4.69) is 5.32 Å². The molecule has 0 amide bonds. The Morgan fingerprint density at radius 1 is 1.19 bits per heavy atom. The molecular weight excluding hydrogens is 308 g/mol. The van der Waals surface area contributed by atoms with Crippen molar-refractivity contribution in [2.24, 2.45) is 0 Å². The standard InChI is InChI=1S/C17H18Cl2FN/c1-3-21-16(13-8-7-11(2)9-15(13)20)10-12-5-4-6-14(18)17(12)19/h4-9,16,21H,3,10H2,1-2H3. The first-order valence-electron chi connectivity index (χ1n) is 6.95. The van der Waals surface area contributed by atoms with Gasteiger partial charge in [-0.05, 0) is 43.1 Å². The molecule has 0 saturated carbocycles. The Bertz CT molecular complexity index is 628. The van der Waals surface area contributed by atoms with Gasteiger partial charge in [0.25, 0.3) is 0 Å². The Labute approximate surface area is 135 Å². The second kappa shape index (κ2) is 7.26. The first-order chi connectivity index (χ1) is 10.0. The Hall–Kier alpha value is -1.09. The summed E-state index contributed by atoms with van der Waals surface area (Å²) in [7, 11) is 0. The zero-order valence-corrected chi connectivity index (χ0v) is 13.6. The predicted molar refractivity (Wildman–Crippen MR) is 87.7 cm³/mol. The topological polar surface area (TPSA) is 12.0 Å². The summed E-state index contributed by atoms with van der Waals surface area (Å²) in [4.78, 5) is 0. The minimum atomic E-state index is -0.195. The highest BCUT2D eigenvalue weighted by Crippen LogP contribution is 2.30. The molecule has 1 atom stereocenters. The average Bonchev–Trinajstić information content (AvgIpc) is 2.43. The Morgan fingerprint density at radius 2 is 1.95 bits per heavy atom. The number of benzene rings is 2. The number of halogens is 3. The number of aryl methyl sites for hydroxylation is 1. The molecule has 1 unspecified atom stereocenters. The van der Waals surface area contributed by atoms with Gasteiger partial charge in [0, 0.05) is 11.6 Å². The third-order valence-electron chi connectivity index (χ3n) is 3.44. The second-order valence-corrected chi connectivity index (χ2v) is 5.84. The normalized spacial score (nSPS) is 12.4. The summed E-state index contributed by atoms with van der Waals surface area (Å²) >= 11 is 12.3. The van der Waals surface area contributed by atoms with Gasteiger partial charge in [0.15, 0.2) is 0 Å². The molecule has 1 nitrogen and oxygen atoms in total. The molecule has 21 heavy (non-hydrogen) atoms.